The number of hydrogen-bond donors (Lipinski definition) is 1. The highest BCUT2D eigenvalue weighted by molar-refractivity contribution is 4.94. The van der Waals surface area contributed by atoms with Crippen molar-refractivity contribution in [1.29, 1.82) is 5.26 Å². The maximum atomic E-state index is 12.5. The molecule has 0 spiro atoms. The van der Waals surface area contributed by atoms with E-state index >= 15 is 0 Å². The molecule has 0 saturated carbocycles. The van der Waals surface area contributed by atoms with E-state index in [1.165, 1.54) is 0 Å². The quantitative estimate of drug-likeness (QED) is 0.519. The van der Waals surface area contributed by atoms with Crippen molar-refractivity contribution in [3.05, 3.63) is 0 Å². The van der Waals surface area contributed by atoms with Crippen molar-refractivity contribution in [2.24, 2.45) is 5.92 Å². The van der Waals surface area contributed by atoms with Crippen molar-refractivity contribution >= 4 is 0 Å². The zero-order valence-corrected chi connectivity index (χ0v) is 5.40. The van der Waals surface area contributed by atoms with Gasteiger partial charge in [-0.15, -0.1) is 0 Å². The maximum Gasteiger partial charge on any atom is 0.318 e. The molecule has 4 heteroatoms. The molecular formula is C6H8F2N2. The van der Waals surface area contributed by atoms with Gasteiger partial charge in [-0.1, -0.05) is 0 Å². The third-order valence-corrected chi connectivity index (χ3v) is 1.62. The standard InChI is InChI=1S/C6H8F2N2/c7-6(8)5(4-9)2-1-3-10-6/h5,10H,1-3H2/t5-/m0/s1. The normalized spacial score (nSPS) is 31.1. The SMILES string of the molecule is N#C[C@@H]1CCCNC1(F)F. The van der Waals surface area contributed by atoms with Gasteiger partial charge in [0.05, 0.1) is 6.07 Å². The van der Waals surface area contributed by atoms with Crippen LogP contribution in [-0.4, -0.2) is 12.6 Å². The summed E-state index contributed by atoms with van der Waals surface area (Å²) in [4.78, 5) is 0. The molecule has 0 amide bonds. The summed E-state index contributed by atoms with van der Waals surface area (Å²) < 4.78 is 25.1. The van der Waals surface area contributed by atoms with E-state index in [2.05, 4.69) is 0 Å². The van der Waals surface area contributed by atoms with Gasteiger partial charge in [0, 0.05) is 6.54 Å². The largest absolute Gasteiger partial charge is 0.318 e. The second-order valence-electron chi connectivity index (χ2n) is 2.37. The molecule has 10 heavy (non-hydrogen) atoms. The highest BCUT2D eigenvalue weighted by Gasteiger charge is 2.41. The molecule has 0 radical (unpaired) electrons. The van der Waals surface area contributed by atoms with E-state index < -0.39 is 12.0 Å². The first kappa shape index (κ1) is 7.42. The molecule has 1 saturated heterocycles. The smallest absolute Gasteiger partial charge is 0.257 e. The lowest BCUT2D eigenvalue weighted by Gasteiger charge is -2.27. The lowest BCUT2D eigenvalue weighted by atomic mass is 9.99. The van der Waals surface area contributed by atoms with Crippen molar-refractivity contribution in [2.45, 2.75) is 18.9 Å². The van der Waals surface area contributed by atoms with E-state index in [1.54, 1.807) is 6.07 Å². The zero-order chi connectivity index (χ0) is 7.61. The van der Waals surface area contributed by atoms with Crippen LogP contribution in [-0.2, 0) is 0 Å². The first-order valence-electron chi connectivity index (χ1n) is 3.19. The molecule has 0 aliphatic carbocycles. The number of rotatable bonds is 0. The van der Waals surface area contributed by atoms with Gasteiger partial charge in [-0.3, -0.25) is 5.32 Å². The number of halogens is 2. The average molecular weight is 146 g/mol. The van der Waals surface area contributed by atoms with Crippen molar-refractivity contribution in [3.63, 3.8) is 0 Å². The highest BCUT2D eigenvalue weighted by Crippen LogP contribution is 2.28. The van der Waals surface area contributed by atoms with Gasteiger partial charge in [0.1, 0.15) is 5.92 Å². The van der Waals surface area contributed by atoms with Crippen molar-refractivity contribution in [1.82, 2.24) is 5.32 Å². The van der Waals surface area contributed by atoms with Crippen LogP contribution in [0.5, 0.6) is 0 Å². The lowest BCUT2D eigenvalue weighted by Crippen LogP contribution is -2.47. The minimum Gasteiger partial charge on any atom is -0.257 e. The number of alkyl halides is 2. The molecule has 1 aliphatic rings. The summed E-state index contributed by atoms with van der Waals surface area (Å²) in [5.41, 5.74) is 0. The van der Waals surface area contributed by atoms with Crippen molar-refractivity contribution in [3.8, 4) is 6.07 Å². The fourth-order valence-corrected chi connectivity index (χ4v) is 1.01. The topological polar surface area (TPSA) is 35.8 Å². The van der Waals surface area contributed by atoms with E-state index in [4.69, 9.17) is 5.26 Å². The minimum atomic E-state index is -2.97. The number of hydrogen-bond acceptors (Lipinski definition) is 2. The predicted molar refractivity (Wildman–Crippen MR) is 31.3 cm³/mol. The summed E-state index contributed by atoms with van der Waals surface area (Å²) in [7, 11) is 0. The predicted octanol–water partition coefficient (Wildman–Crippen LogP) is 1.10. The van der Waals surface area contributed by atoms with Crippen molar-refractivity contribution in [2.75, 3.05) is 6.54 Å². The van der Waals surface area contributed by atoms with E-state index in [-0.39, 0.29) is 0 Å². The first-order valence-corrected chi connectivity index (χ1v) is 3.19. The van der Waals surface area contributed by atoms with E-state index in [9.17, 15) is 8.78 Å². The summed E-state index contributed by atoms with van der Waals surface area (Å²) in [6.07, 6.45) is 0.963. The Morgan fingerprint density at radius 1 is 1.60 bits per heavy atom. The molecule has 0 aromatic carbocycles. The van der Waals surface area contributed by atoms with Crippen LogP contribution < -0.4 is 5.32 Å². The Bertz CT molecular complexity index is 162. The van der Waals surface area contributed by atoms with E-state index in [0.717, 1.165) is 0 Å². The van der Waals surface area contributed by atoms with Gasteiger partial charge >= 0.3 is 6.05 Å². The summed E-state index contributed by atoms with van der Waals surface area (Å²) in [5, 5.41) is 10.3. The summed E-state index contributed by atoms with van der Waals surface area (Å²) >= 11 is 0. The maximum absolute atomic E-state index is 12.5. The molecule has 0 bridgehead atoms. The Balaban J connectivity index is 2.62. The summed E-state index contributed by atoms with van der Waals surface area (Å²) in [6, 6.07) is -1.38. The van der Waals surface area contributed by atoms with Crippen LogP contribution in [0.2, 0.25) is 0 Å². The average Bonchev–Trinajstić information content (AvgIpc) is 1.87. The van der Waals surface area contributed by atoms with Crippen LogP contribution in [0.25, 0.3) is 0 Å². The third-order valence-electron chi connectivity index (χ3n) is 1.62. The van der Waals surface area contributed by atoms with E-state index in [1.807, 2.05) is 5.32 Å². The van der Waals surface area contributed by atoms with Crippen LogP contribution in [0, 0.1) is 17.2 Å². The van der Waals surface area contributed by atoms with Gasteiger partial charge in [-0.2, -0.15) is 14.0 Å². The van der Waals surface area contributed by atoms with Gasteiger partial charge in [0.15, 0.2) is 0 Å². The molecule has 0 unspecified atom stereocenters. The molecule has 56 valence electrons. The molecule has 1 aliphatic heterocycles. The molecule has 1 fully saturated rings. The Labute approximate surface area is 57.8 Å². The molecule has 1 rings (SSSR count). The first-order chi connectivity index (χ1) is 4.67. The van der Waals surface area contributed by atoms with Crippen LogP contribution in [0.3, 0.4) is 0 Å². The highest BCUT2D eigenvalue weighted by atomic mass is 19.3. The summed E-state index contributed by atoms with van der Waals surface area (Å²) in [5.74, 6) is -1.14. The second kappa shape index (κ2) is 2.51. The molecule has 1 heterocycles. The summed E-state index contributed by atoms with van der Waals surface area (Å²) in [6.45, 7) is 0.311. The second-order valence-corrected chi connectivity index (χ2v) is 2.37. The molecule has 1 atom stereocenters. The van der Waals surface area contributed by atoms with Gasteiger partial charge in [0.2, 0.25) is 0 Å². The van der Waals surface area contributed by atoms with Gasteiger partial charge in [-0.05, 0) is 12.8 Å². The van der Waals surface area contributed by atoms with Crippen LogP contribution in [0.1, 0.15) is 12.8 Å². The number of nitriles is 1. The third kappa shape index (κ3) is 1.24. The molecular weight excluding hydrogens is 138 g/mol. The Morgan fingerprint density at radius 2 is 2.30 bits per heavy atom. The Morgan fingerprint density at radius 3 is 2.70 bits per heavy atom. The monoisotopic (exact) mass is 146 g/mol. The fraction of sp³-hybridized carbons (Fsp3) is 0.833. The van der Waals surface area contributed by atoms with Gasteiger partial charge < -0.3 is 0 Å². The van der Waals surface area contributed by atoms with Gasteiger partial charge in [-0.25, -0.2) is 0 Å². The van der Waals surface area contributed by atoms with Crippen molar-refractivity contribution < 1.29 is 8.78 Å². The number of nitrogens with one attached hydrogen (secondary N) is 1. The number of nitrogens with zero attached hydrogens (tertiary/aromatic N) is 1. The number of piperidine rings is 1. The van der Waals surface area contributed by atoms with Crippen LogP contribution in [0.4, 0.5) is 8.78 Å². The fourth-order valence-electron chi connectivity index (χ4n) is 1.01. The lowest BCUT2D eigenvalue weighted by molar-refractivity contribution is -0.0866. The molecule has 0 aromatic rings. The minimum absolute atomic E-state index is 0.302. The van der Waals surface area contributed by atoms with Crippen LogP contribution >= 0.6 is 0 Å². The molecule has 2 nitrogen and oxygen atoms in total. The Hall–Kier alpha value is -0.690. The Kier molecular flexibility index (Phi) is 1.86. The molecule has 0 aromatic heterocycles. The van der Waals surface area contributed by atoms with Crippen LogP contribution in [0.15, 0.2) is 0 Å². The zero-order valence-electron chi connectivity index (χ0n) is 5.40. The van der Waals surface area contributed by atoms with Gasteiger partial charge in [0.25, 0.3) is 0 Å². The molecule has 1 N–H and O–H groups in total. The van der Waals surface area contributed by atoms with E-state index in [0.29, 0.717) is 19.4 Å².